The summed E-state index contributed by atoms with van der Waals surface area (Å²) >= 11 is 0. The quantitative estimate of drug-likeness (QED) is 0.786. The number of carbonyl (C=O) groups excluding carboxylic acids is 1. The molecule has 0 spiro atoms. The van der Waals surface area contributed by atoms with Gasteiger partial charge in [0.15, 0.2) is 0 Å². The summed E-state index contributed by atoms with van der Waals surface area (Å²) < 4.78 is 0. The molecule has 1 N–H and O–H groups in total. The van der Waals surface area contributed by atoms with E-state index >= 15 is 0 Å². The smallest absolute Gasteiger partial charge is 0.271 e. The van der Waals surface area contributed by atoms with E-state index in [4.69, 9.17) is 0 Å². The van der Waals surface area contributed by atoms with Gasteiger partial charge in [0.1, 0.15) is 5.69 Å². The summed E-state index contributed by atoms with van der Waals surface area (Å²) in [4.78, 5) is 32.9. The Morgan fingerprint density at radius 2 is 1.78 bits per heavy atom. The van der Waals surface area contributed by atoms with Gasteiger partial charge in [0.25, 0.3) is 5.91 Å². The molecule has 0 aromatic carbocycles. The van der Waals surface area contributed by atoms with Gasteiger partial charge in [0, 0.05) is 36.5 Å². The molecule has 0 radical (unpaired) electrons. The maximum absolute atomic E-state index is 12.1. The highest BCUT2D eigenvalue weighted by atomic mass is 16.1. The molecule has 23 heavy (non-hydrogen) atoms. The van der Waals surface area contributed by atoms with Gasteiger partial charge in [-0.2, -0.15) is 0 Å². The lowest BCUT2D eigenvalue weighted by molar-refractivity contribution is 0.0945. The number of hydrogen-bond acceptors (Lipinski definition) is 6. The number of amides is 1. The van der Waals surface area contributed by atoms with Crippen LogP contribution in [-0.2, 0) is 6.54 Å². The van der Waals surface area contributed by atoms with Crippen molar-refractivity contribution in [3.05, 3.63) is 66.4 Å². The van der Waals surface area contributed by atoms with E-state index in [0.717, 1.165) is 11.3 Å². The molecule has 7 nitrogen and oxygen atoms in total. The molecule has 0 aliphatic rings. The Morgan fingerprint density at radius 3 is 2.52 bits per heavy atom. The topological polar surface area (TPSA) is 93.6 Å². The van der Waals surface area contributed by atoms with Crippen molar-refractivity contribution < 1.29 is 4.79 Å². The third kappa shape index (κ3) is 3.52. The van der Waals surface area contributed by atoms with Crippen LogP contribution in [0.15, 0.2) is 49.3 Å². The second kappa shape index (κ2) is 6.69. The highest BCUT2D eigenvalue weighted by molar-refractivity contribution is 5.91. The molecule has 3 rings (SSSR count). The number of carbonyl (C=O) groups is 1. The molecule has 0 atom stereocenters. The zero-order valence-corrected chi connectivity index (χ0v) is 12.5. The third-order valence-corrected chi connectivity index (χ3v) is 3.16. The van der Waals surface area contributed by atoms with E-state index in [1.165, 1.54) is 6.20 Å². The first-order valence-electron chi connectivity index (χ1n) is 7.01. The van der Waals surface area contributed by atoms with Crippen molar-refractivity contribution in [2.24, 2.45) is 0 Å². The fraction of sp³-hybridized carbons (Fsp3) is 0.125. The highest BCUT2D eigenvalue weighted by Crippen LogP contribution is 2.18. The van der Waals surface area contributed by atoms with Crippen LogP contribution >= 0.6 is 0 Å². The van der Waals surface area contributed by atoms with Crippen LogP contribution in [0, 0.1) is 6.92 Å². The van der Waals surface area contributed by atoms with E-state index in [1.807, 2.05) is 19.1 Å². The summed E-state index contributed by atoms with van der Waals surface area (Å²) in [6.45, 7) is 2.06. The predicted molar refractivity (Wildman–Crippen MR) is 83.2 cm³/mol. The number of aryl methyl sites for hydroxylation is 1. The number of rotatable bonds is 4. The molecule has 0 saturated heterocycles. The summed E-state index contributed by atoms with van der Waals surface area (Å²) in [5, 5.41) is 2.79. The summed E-state index contributed by atoms with van der Waals surface area (Å²) in [6.07, 6.45) is 9.59. The molecule has 3 heterocycles. The molecular weight excluding hydrogens is 292 g/mol. The van der Waals surface area contributed by atoms with Crippen molar-refractivity contribution in [3.63, 3.8) is 0 Å². The van der Waals surface area contributed by atoms with E-state index in [9.17, 15) is 4.79 Å². The number of aromatic nitrogens is 5. The molecule has 0 aliphatic carbocycles. The average molecular weight is 306 g/mol. The lowest BCUT2D eigenvalue weighted by Gasteiger charge is -2.08. The van der Waals surface area contributed by atoms with Crippen LogP contribution in [0.5, 0.6) is 0 Å². The number of nitrogens with zero attached hydrogens (tertiary/aromatic N) is 5. The van der Waals surface area contributed by atoms with Crippen molar-refractivity contribution in [3.8, 4) is 11.3 Å². The number of nitrogens with one attached hydrogen (secondary N) is 1. The maximum atomic E-state index is 12.1. The molecule has 0 bridgehead atoms. The SMILES string of the molecule is Cc1cnc(C(=O)NCc2nccnc2-c2ccncc2)cn1. The third-order valence-electron chi connectivity index (χ3n) is 3.16. The molecule has 0 fully saturated rings. The zero-order valence-electron chi connectivity index (χ0n) is 12.5. The fourth-order valence-corrected chi connectivity index (χ4v) is 2.01. The van der Waals surface area contributed by atoms with Crippen LogP contribution in [0.3, 0.4) is 0 Å². The normalized spacial score (nSPS) is 10.3. The van der Waals surface area contributed by atoms with Crippen LogP contribution in [0.4, 0.5) is 0 Å². The summed E-state index contributed by atoms with van der Waals surface area (Å²) in [7, 11) is 0. The standard InChI is InChI=1S/C16H14N6O/c1-11-8-21-14(10-20-11)16(23)22-9-13-15(19-7-6-18-13)12-2-4-17-5-3-12/h2-8,10H,9H2,1H3,(H,22,23). The van der Waals surface area contributed by atoms with Crippen LogP contribution in [0.25, 0.3) is 11.3 Å². The van der Waals surface area contributed by atoms with E-state index in [-0.39, 0.29) is 18.1 Å². The van der Waals surface area contributed by atoms with Crippen LogP contribution in [0.2, 0.25) is 0 Å². The number of hydrogen-bond donors (Lipinski definition) is 1. The summed E-state index contributed by atoms with van der Waals surface area (Å²) in [6, 6.07) is 3.70. The molecule has 3 aromatic rings. The first-order chi connectivity index (χ1) is 11.2. The van der Waals surface area contributed by atoms with Gasteiger partial charge in [-0.1, -0.05) is 0 Å². The fourth-order valence-electron chi connectivity index (χ4n) is 2.01. The van der Waals surface area contributed by atoms with E-state index < -0.39 is 0 Å². The largest absolute Gasteiger partial charge is 0.345 e. The molecule has 0 unspecified atom stereocenters. The zero-order chi connectivity index (χ0) is 16.1. The van der Waals surface area contributed by atoms with Crippen molar-refractivity contribution in [1.82, 2.24) is 30.2 Å². The van der Waals surface area contributed by atoms with Gasteiger partial charge in [-0.15, -0.1) is 0 Å². The van der Waals surface area contributed by atoms with Gasteiger partial charge in [-0.25, -0.2) is 4.98 Å². The average Bonchev–Trinajstić information content (AvgIpc) is 2.61. The Kier molecular flexibility index (Phi) is 4.28. The van der Waals surface area contributed by atoms with Crippen molar-refractivity contribution in [2.75, 3.05) is 0 Å². The first kappa shape index (κ1) is 14.7. The van der Waals surface area contributed by atoms with Gasteiger partial charge in [0.05, 0.1) is 29.8 Å². The molecule has 0 aliphatic heterocycles. The highest BCUT2D eigenvalue weighted by Gasteiger charge is 2.11. The van der Waals surface area contributed by atoms with Crippen molar-refractivity contribution in [2.45, 2.75) is 13.5 Å². The Bertz CT molecular complexity index is 804. The van der Waals surface area contributed by atoms with Gasteiger partial charge >= 0.3 is 0 Å². The van der Waals surface area contributed by atoms with Gasteiger partial charge in [0.2, 0.25) is 0 Å². The summed E-state index contributed by atoms with van der Waals surface area (Å²) in [5.74, 6) is -0.302. The Morgan fingerprint density at radius 1 is 1.00 bits per heavy atom. The van der Waals surface area contributed by atoms with E-state index in [2.05, 4.69) is 30.2 Å². The molecule has 114 valence electrons. The maximum Gasteiger partial charge on any atom is 0.271 e. The first-order valence-corrected chi connectivity index (χ1v) is 7.01. The molecule has 1 amide bonds. The van der Waals surface area contributed by atoms with Crippen LogP contribution in [0.1, 0.15) is 21.9 Å². The van der Waals surface area contributed by atoms with Gasteiger partial charge in [-0.05, 0) is 19.1 Å². The van der Waals surface area contributed by atoms with Crippen LogP contribution in [-0.4, -0.2) is 30.8 Å². The second-order valence-electron chi connectivity index (χ2n) is 4.81. The molecular formula is C16H14N6O. The lowest BCUT2D eigenvalue weighted by atomic mass is 10.1. The number of pyridine rings is 1. The Labute approximate surface area is 132 Å². The van der Waals surface area contributed by atoms with Gasteiger partial charge < -0.3 is 5.32 Å². The predicted octanol–water partition coefficient (Wildman–Crippen LogP) is 1.57. The Hall–Kier alpha value is -3.22. The van der Waals surface area contributed by atoms with E-state index in [0.29, 0.717) is 11.4 Å². The summed E-state index contributed by atoms with van der Waals surface area (Å²) in [5.41, 5.74) is 3.31. The second-order valence-corrected chi connectivity index (χ2v) is 4.81. The minimum absolute atomic E-state index is 0.250. The Balaban J connectivity index is 1.76. The van der Waals surface area contributed by atoms with Crippen LogP contribution < -0.4 is 5.32 Å². The molecule has 0 saturated carbocycles. The van der Waals surface area contributed by atoms with E-state index in [1.54, 1.807) is 31.0 Å². The molecule has 3 aromatic heterocycles. The molecule has 7 heteroatoms. The minimum atomic E-state index is -0.302. The van der Waals surface area contributed by atoms with Crippen molar-refractivity contribution in [1.29, 1.82) is 0 Å². The lowest BCUT2D eigenvalue weighted by Crippen LogP contribution is -2.25. The van der Waals surface area contributed by atoms with Crippen molar-refractivity contribution >= 4 is 5.91 Å². The minimum Gasteiger partial charge on any atom is -0.345 e. The monoisotopic (exact) mass is 306 g/mol. The van der Waals surface area contributed by atoms with Gasteiger partial charge in [-0.3, -0.25) is 24.7 Å².